The van der Waals surface area contributed by atoms with E-state index in [1.165, 1.54) is 4.90 Å². The number of amides is 2. The van der Waals surface area contributed by atoms with E-state index >= 15 is 0 Å². The van der Waals surface area contributed by atoms with Gasteiger partial charge in [-0.25, -0.2) is 9.79 Å². The van der Waals surface area contributed by atoms with Crippen molar-refractivity contribution in [2.75, 3.05) is 47.1 Å². The minimum atomic E-state index is -0.271. The molecule has 0 unspecified atom stereocenters. The van der Waals surface area contributed by atoms with Crippen molar-refractivity contribution in [3.63, 3.8) is 0 Å². The molecule has 0 atom stereocenters. The highest BCUT2D eigenvalue weighted by Crippen LogP contribution is 2.32. The smallest absolute Gasteiger partial charge is 0.409 e. The van der Waals surface area contributed by atoms with E-state index in [1.807, 2.05) is 18.2 Å². The number of nitrogens with one attached hydrogen (secondary N) is 2. The van der Waals surface area contributed by atoms with Crippen molar-refractivity contribution < 1.29 is 23.8 Å². The molecule has 0 aromatic heterocycles. The van der Waals surface area contributed by atoms with Gasteiger partial charge < -0.3 is 34.6 Å². The van der Waals surface area contributed by atoms with Crippen LogP contribution in [0.15, 0.2) is 23.2 Å². The third kappa shape index (κ3) is 7.31. The maximum atomic E-state index is 12.0. The molecule has 1 saturated heterocycles. The van der Waals surface area contributed by atoms with Gasteiger partial charge in [0.05, 0.1) is 19.7 Å². The Labute approximate surface area is 205 Å². The van der Waals surface area contributed by atoms with Crippen LogP contribution in [0, 0.1) is 0 Å². The van der Waals surface area contributed by atoms with E-state index in [2.05, 4.69) is 15.6 Å². The molecule has 0 bridgehead atoms. The van der Waals surface area contributed by atoms with Gasteiger partial charge in [-0.2, -0.15) is 0 Å². The van der Waals surface area contributed by atoms with Crippen molar-refractivity contribution in [1.82, 2.24) is 20.4 Å². The van der Waals surface area contributed by atoms with Crippen LogP contribution in [0.3, 0.4) is 0 Å². The van der Waals surface area contributed by atoms with Gasteiger partial charge in [0, 0.05) is 33.2 Å². The van der Waals surface area contributed by atoms with Crippen LogP contribution in [0.1, 0.15) is 25.3 Å². The molecule has 0 spiro atoms. The normalized spacial score (nSPS) is 15.6. The minimum absolute atomic E-state index is 0. The van der Waals surface area contributed by atoms with Gasteiger partial charge in [-0.15, -0.1) is 24.0 Å². The fraction of sp³-hybridized carbons (Fsp3) is 0.571. The van der Waals surface area contributed by atoms with Gasteiger partial charge in [0.2, 0.25) is 12.7 Å². The van der Waals surface area contributed by atoms with E-state index in [0.29, 0.717) is 38.0 Å². The van der Waals surface area contributed by atoms with Crippen LogP contribution in [0.5, 0.6) is 11.5 Å². The molecule has 2 amide bonds. The van der Waals surface area contributed by atoms with Crippen LogP contribution in [0.4, 0.5) is 4.79 Å². The molecule has 1 fully saturated rings. The zero-order valence-electron chi connectivity index (χ0n) is 18.8. The zero-order chi connectivity index (χ0) is 22.2. The molecule has 11 heteroatoms. The predicted molar refractivity (Wildman–Crippen MR) is 131 cm³/mol. The SMILES string of the molecule is CCOC(=O)N1CCC(NC(=NCc2ccc3c(c2)OCO3)NCC(=O)N(C)C)CC1.I. The summed E-state index contributed by atoms with van der Waals surface area (Å²) in [6.45, 7) is 4.19. The Kier molecular flexibility index (Phi) is 10.1. The summed E-state index contributed by atoms with van der Waals surface area (Å²) in [5.74, 6) is 1.95. The first-order valence-corrected chi connectivity index (χ1v) is 10.5. The Balaban J connectivity index is 0.00000363. The number of nitrogens with zero attached hydrogens (tertiary/aromatic N) is 3. The molecule has 2 aliphatic heterocycles. The molecule has 10 nitrogen and oxygen atoms in total. The van der Waals surface area contributed by atoms with Gasteiger partial charge in [0.1, 0.15) is 0 Å². The number of halogens is 1. The number of rotatable bonds is 6. The quantitative estimate of drug-likeness (QED) is 0.310. The van der Waals surface area contributed by atoms with Gasteiger partial charge in [-0.1, -0.05) is 6.07 Å². The lowest BCUT2D eigenvalue weighted by atomic mass is 10.1. The summed E-state index contributed by atoms with van der Waals surface area (Å²) in [7, 11) is 3.43. The summed E-state index contributed by atoms with van der Waals surface area (Å²) in [5.41, 5.74) is 0.974. The number of likely N-dealkylation sites (tertiary alicyclic amines) is 1. The third-order valence-corrected chi connectivity index (χ3v) is 5.12. The molecular weight excluding hydrogens is 529 g/mol. The van der Waals surface area contributed by atoms with Gasteiger partial charge in [-0.05, 0) is 37.5 Å². The largest absolute Gasteiger partial charge is 0.454 e. The first-order chi connectivity index (χ1) is 15.0. The number of benzene rings is 1. The first kappa shape index (κ1) is 25.8. The van der Waals surface area contributed by atoms with Crippen molar-refractivity contribution in [3.05, 3.63) is 23.8 Å². The van der Waals surface area contributed by atoms with Gasteiger partial charge in [0.15, 0.2) is 17.5 Å². The monoisotopic (exact) mass is 561 g/mol. The Morgan fingerprint density at radius 3 is 2.62 bits per heavy atom. The molecule has 178 valence electrons. The van der Waals surface area contributed by atoms with Crippen molar-refractivity contribution in [3.8, 4) is 11.5 Å². The van der Waals surface area contributed by atoms with E-state index in [4.69, 9.17) is 14.2 Å². The topological polar surface area (TPSA) is 105 Å². The standard InChI is InChI=1S/C21H31N5O5.HI/c1-4-29-21(28)26-9-7-16(8-10-26)24-20(23-13-19(27)25(2)3)22-12-15-5-6-17-18(11-15)31-14-30-17;/h5-6,11,16H,4,7-10,12-14H2,1-3H3,(H2,22,23,24);1H. The number of carbonyl (C=O) groups is 2. The lowest BCUT2D eigenvalue weighted by Gasteiger charge is -2.32. The third-order valence-electron chi connectivity index (χ3n) is 5.12. The highest BCUT2D eigenvalue weighted by Gasteiger charge is 2.24. The minimum Gasteiger partial charge on any atom is -0.454 e. The summed E-state index contributed by atoms with van der Waals surface area (Å²) in [6.07, 6.45) is 1.27. The number of guanidine groups is 1. The van der Waals surface area contributed by atoms with E-state index in [1.54, 1.807) is 25.9 Å². The first-order valence-electron chi connectivity index (χ1n) is 10.5. The van der Waals surface area contributed by atoms with Crippen LogP contribution in [0.2, 0.25) is 0 Å². The average Bonchev–Trinajstić information content (AvgIpc) is 3.23. The van der Waals surface area contributed by atoms with E-state index in [-0.39, 0.29) is 55.4 Å². The second kappa shape index (κ2) is 12.6. The number of fused-ring (bicyclic) bond motifs is 1. The Morgan fingerprint density at radius 2 is 1.94 bits per heavy atom. The van der Waals surface area contributed by atoms with Crippen molar-refractivity contribution in [1.29, 1.82) is 0 Å². The Morgan fingerprint density at radius 1 is 1.22 bits per heavy atom. The number of piperidine rings is 1. The molecular formula is C21H32IN5O5. The van der Waals surface area contributed by atoms with Crippen molar-refractivity contribution in [2.24, 2.45) is 4.99 Å². The fourth-order valence-corrected chi connectivity index (χ4v) is 3.29. The fourth-order valence-electron chi connectivity index (χ4n) is 3.29. The number of carbonyl (C=O) groups excluding carboxylic acids is 2. The molecule has 1 aromatic carbocycles. The predicted octanol–water partition coefficient (Wildman–Crippen LogP) is 1.78. The van der Waals surface area contributed by atoms with Crippen LogP contribution in [-0.4, -0.2) is 80.9 Å². The lowest BCUT2D eigenvalue weighted by Crippen LogP contribution is -2.51. The molecule has 0 aliphatic carbocycles. The number of ether oxygens (including phenoxy) is 3. The molecule has 3 rings (SSSR count). The maximum absolute atomic E-state index is 12.0. The van der Waals surface area contributed by atoms with Crippen molar-refractivity contribution in [2.45, 2.75) is 32.4 Å². The van der Waals surface area contributed by atoms with Crippen LogP contribution < -0.4 is 20.1 Å². The molecule has 1 aromatic rings. The number of aliphatic imine (C=N–C) groups is 1. The number of likely N-dealkylation sites (N-methyl/N-ethyl adjacent to an activating group) is 1. The Bertz CT molecular complexity index is 812. The van der Waals surface area contributed by atoms with E-state index in [9.17, 15) is 9.59 Å². The van der Waals surface area contributed by atoms with Crippen LogP contribution in [-0.2, 0) is 16.1 Å². The van der Waals surface area contributed by atoms with Crippen LogP contribution in [0.25, 0.3) is 0 Å². The highest BCUT2D eigenvalue weighted by atomic mass is 127. The maximum Gasteiger partial charge on any atom is 0.409 e. The van der Waals surface area contributed by atoms with Gasteiger partial charge in [-0.3, -0.25) is 4.79 Å². The zero-order valence-corrected chi connectivity index (χ0v) is 21.1. The van der Waals surface area contributed by atoms with Gasteiger partial charge >= 0.3 is 6.09 Å². The summed E-state index contributed by atoms with van der Waals surface area (Å²) in [4.78, 5) is 31.8. The molecule has 2 N–H and O–H groups in total. The number of hydrogen-bond acceptors (Lipinski definition) is 6. The highest BCUT2D eigenvalue weighted by molar-refractivity contribution is 14.0. The molecule has 32 heavy (non-hydrogen) atoms. The molecule has 2 aliphatic rings. The second-order valence-corrected chi connectivity index (χ2v) is 7.60. The average molecular weight is 561 g/mol. The summed E-state index contributed by atoms with van der Waals surface area (Å²) >= 11 is 0. The van der Waals surface area contributed by atoms with Gasteiger partial charge in [0.25, 0.3) is 0 Å². The van der Waals surface area contributed by atoms with Crippen LogP contribution >= 0.6 is 24.0 Å². The van der Waals surface area contributed by atoms with Crippen molar-refractivity contribution >= 4 is 41.9 Å². The summed E-state index contributed by atoms with van der Waals surface area (Å²) < 4.78 is 15.8. The molecule has 0 saturated carbocycles. The molecule has 2 heterocycles. The van der Waals surface area contributed by atoms with E-state index in [0.717, 1.165) is 24.2 Å². The lowest BCUT2D eigenvalue weighted by molar-refractivity contribution is -0.127. The summed E-state index contributed by atoms with van der Waals surface area (Å²) in [5, 5.41) is 6.51. The summed E-state index contributed by atoms with van der Waals surface area (Å²) in [6, 6.07) is 5.86. The molecule has 0 radical (unpaired) electrons. The second-order valence-electron chi connectivity index (χ2n) is 7.60. The van der Waals surface area contributed by atoms with E-state index < -0.39 is 0 Å². The number of hydrogen-bond donors (Lipinski definition) is 2. The Hall–Kier alpha value is -2.44.